The summed E-state index contributed by atoms with van der Waals surface area (Å²) in [5.74, 6) is 0. The van der Waals surface area contributed by atoms with E-state index in [2.05, 4.69) is 20.9 Å². The molecule has 1 rings (SSSR count). The summed E-state index contributed by atoms with van der Waals surface area (Å²) in [6, 6.07) is 0. The topological polar surface area (TPSA) is 16.1 Å². The number of thiazole rings is 1. The molecule has 0 aromatic carbocycles. The number of aryl methyl sites for hydroxylation is 1. The van der Waals surface area contributed by atoms with Gasteiger partial charge in [-0.2, -0.15) is 0 Å². The second-order valence-electron chi connectivity index (χ2n) is 2.44. The highest BCUT2D eigenvalue weighted by Crippen LogP contribution is 2.20. The highest BCUT2D eigenvalue weighted by atomic mass is 79.9. The van der Waals surface area contributed by atoms with Crippen LogP contribution in [0.5, 0.6) is 0 Å². The van der Waals surface area contributed by atoms with Gasteiger partial charge in [0.05, 0.1) is 0 Å². The van der Waals surface area contributed by atoms with E-state index >= 15 is 0 Å². The van der Waals surface area contributed by atoms with E-state index in [-0.39, 0.29) is 0 Å². The third kappa shape index (κ3) is 2.45. The largest absolute Gasteiger partial charge is 0.354 e. The lowest BCUT2D eigenvalue weighted by molar-refractivity contribution is 1.10. The third-order valence-electron chi connectivity index (χ3n) is 1.26. The van der Waals surface area contributed by atoms with Gasteiger partial charge in [-0.1, -0.05) is 15.9 Å². The van der Waals surface area contributed by atoms with E-state index in [9.17, 15) is 0 Å². The summed E-state index contributed by atoms with van der Waals surface area (Å²) in [5.41, 5.74) is 0. The van der Waals surface area contributed by atoms with E-state index in [1.54, 1.807) is 11.3 Å². The Balaban J connectivity index is 2.66. The van der Waals surface area contributed by atoms with Crippen molar-refractivity contribution in [3.05, 3.63) is 11.1 Å². The van der Waals surface area contributed by atoms with Crippen molar-refractivity contribution in [3.8, 4) is 0 Å². The second-order valence-corrected chi connectivity index (χ2v) is 4.33. The standard InChI is InChI=1S/C7H11BrN2S/c1-10(2)7-9-5-6(11-7)3-4-8/h5H,3-4H2,1-2H3. The Bertz CT molecular complexity index is 222. The van der Waals surface area contributed by atoms with Gasteiger partial charge >= 0.3 is 0 Å². The summed E-state index contributed by atoms with van der Waals surface area (Å²) in [5, 5.41) is 2.10. The van der Waals surface area contributed by atoms with Gasteiger partial charge in [0.15, 0.2) is 5.13 Å². The van der Waals surface area contributed by atoms with Crippen LogP contribution in [0.4, 0.5) is 5.13 Å². The SMILES string of the molecule is CN(C)c1ncc(CCBr)s1. The Hall–Kier alpha value is -0.0900. The van der Waals surface area contributed by atoms with E-state index in [1.165, 1.54) is 4.88 Å². The minimum Gasteiger partial charge on any atom is -0.354 e. The fourth-order valence-corrected chi connectivity index (χ4v) is 2.23. The number of nitrogens with zero attached hydrogens (tertiary/aromatic N) is 2. The van der Waals surface area contributed by atoms with Crippen LogP contribution in [-0.4, -0.2) is 24.4 Å². The molecule has 1 aromatic rings. The molecule has 1 heterocycles. The molecule has 0 spiro atoms. The van der Waals surface area contributed by atoms with E-state index in [1.807, 2.05) is 25.2 Å². The molecule has 0 atom stereocenters. The summed E-state index contributed by atoms with van der Waals surface area (Å²) < 4.78 is 0. The maximum Gasteiger partial charge on any atom is 0.184 e. The first-order valence-corrected chi connectivity index (χ1v) is 5.36. The molecule has 0 amide bonds. The van der Waals surface area contributed by atoms with Gasteiger partial charge in [0.1, 0.15) is 0 Å². The smallest absolute Gasteiger partial charge is 0.184 e. The highest BCUT2D eigenvalue weighted by molar-refractivity contribution is 9.09. The second kappa shape index (κ2) is 4.07. The van der Waals surface area contributed by atoms with Crippen molar-refractivity contribution in [2.45, 2.75) is 6.42 Å². The van der Waals surface area contributed by atoms with Crippen LogP contribution < -0.4 is 4.90 Å². The zero-order valence-corrected chi connectivity index (χ0v) is 9.07. The van der Waals surface area contributed by atoms with Gasteiger partial charge in [-0.05, 0) is 6.42 Å². The molecule has 0 aliphatic rings. The molecule has 0 aliphatic heterocycles. The molecule has 0 saturated carbocycles. The molecule has 0 saturated heterocycles. The summed E-state index contributed by atoms with van der Waals surface area (Å²) in [4.78, 5) is 7.63. The monoisotopic (exact) mass is 234 g/mol. The van der Waals surface area contributed by atoms with Crippen LogP contribution in [0.3, 0.4) is 0 Å². The minimum atomic E-state index is 1.02. The maximum atomic E-state index is 4.26. The molecule has 4 heteroatoms. The fourth-order valence-electron chi connectivity index (χ4n) is 0.713. The van der Waals surface area contributed by atoms with Crippen molar-refractivity contribution in [2.24, 2.45) is 0 Å². The number of alkyl halides is 1. The zero-order chi connectivity index (χ0) is 8.27. The van der Waals surface area contributed by atoms with Crippen molar-refractivity contribution < 1.29 is 0 Å². The van der Waals surface area contributed by atoms with E-state index in [0.717, 1.165) is 16.9 Å². The average Bonchev–Trinajstić information content (AvgIpc) is 2.37. The predicted molar refractivity (Wildman–Crippen MR) is 53.9 cm³/mol. The lowest BCUT2D eigenvalue weighted by Gasteiger charge is -2.04. The lowest BCUT2D eigenvalue weighted by atomic mass is 10.4. The van der Waals surface area contributed by atoms with Gasteiger partial charge in [0.2, 0.25) is 0 Å². The van der Waals surface area contributed by atoms with Crippen molar-refractivity contribution in [3.63, 3.8) is 0 Å². The molecule has 2 nitrogen and oxygen atoms in total. The van der Waals surface area contributed by atoms with Gasteiger partial charge < -0.3 is 4.90 Å². The Labute approximate surface area is 79.4 Å². The van der Waals surface area contributed by atoms with Gasteiger partial charge in [-0.3, -0.25) is 0 Å². The number of rotatable bonds is 3. The number of halogens is 1. The summed E-state index contributed by atoms with van der Waals surface area (Å²) in [7, 11) is 4.02. The molecule has 0 unspecified atom stereocenters. The van der Waals surface area contributed by atoms with Crippen LogP contribution in [-0.2, 0) is 6.42 Å². The van der Waals surface area contributed by atoms with Gasteiger partial charge in [0, 0.05) is 30.5 Å². The zero-order valence-electron chi connectivity index (χ0n) is 6.67. The molecule has 0 N–H and O–H groups in total. The summed E-state index contributed by atoms with van der Waals surface area (Å²) >= 11 is 5.15. The van der Waals surface area contributed by atoms with Crippen LogP contribution in [0.25, 0.3) is 0 Å². The number of anilines is 1. The number of hydrogen-bond acceptors (Lipinski definition) is 3. The molecule has 0 bridgehead atoms. The van der Waals surface area contributed by atoms with Crippen LogP contribution in [0.15, 0.2) is 6.20 Å². The van der Waals surface area contributed by atoms with Crippen LogP contribution in [0.1, 0.15) is 4.88 Å². The Morgan fingerprint density at radius 1 is 1.64 bits per heavy atom. The molecule has 0 aliphatic carbocycles. The molecule has 11 heavy (non-hydrogen) atoms. The van der Waals surface area contributed by atoms with Crippen molar-refractivity contribution >= 4 is 32.4 Å². The molecule has 0 radical (unpaired) electrons. The van der Waals surface area contributed by atoms with Gasteiger partial charge in [-0.15, -0.1) is 11.3 Å². The number of hydrogen-bond donors (Lipinski definition) is 0. The quantitative estimate of drug-likeness (QED) is 0.746. The van der Waals surface area contributed by atoms with Crippen LogP contribution >= 0.6 is 27.3 Å². The van der Waals surface area contributed by atoms with E-state index in [4.69, 9.17) is 0 Å². The molecule has 0 fully saturated rings. The van der Waals surface area contributed by atoms with E-state index in [0.29, 0.717) is 0 Å². The van der Waals surface area contributed by atoms with Crippen molar-refractivity contribution in [1.82, 2.24) is 4.98 Å². The predicted octanol–water partition coefficient (Wildman–Crippen LogP) is 2.15. The Kier molecular flexibility index (Phi) is 3.33. The first-order valence-electron chi connectivity index (χ1n) is 3.42. The fraction of sp³-hybridized carbons (Fsp3) is 0.571. The Morgan fingerprint density at radius 3 is 2.82 bits per heavy atom. The average molecular weight is 235 g/mol. The molecule has 62 valence electrons. The molecule has 1 aromatic heterocycles. The summed E-state index contributed by atoms with van der Waals surface area (Å²) in [6.07, 6.45) is 3.02. The first kappa shape index (κ1) is 9.00. The molecular formula is C7H11BrN2S. The third-order valence-corrected chi connectivity index (χ3v) is 2.89. The van der Waals surface area contributed by atoms with E-state index < -0.39 is 0 Å². The highest BCUT2D eigenvalue weighted by Gasteiger charge is 2.01. The lowest BCUT2D eigenvalue weighted by Crippen LogP contribution is -2.07. The number of aromatic nitrogens is 1. The molecular weight excluding hydrogens is 224 g/mol. The van der Waals surface area contributed by atoms with Gasteiger partial charge in [0.25, 0.3) is 0 Å². The van der Waals surface area contributed by atoms with Crippen molar-refractivity contribution in [2.75, 3.05) is 24.3 Å². The maximum absolute atomic E-state index is 4.26. The van der Waals surface area contributed by atoms with Gasteiger partial charge in [-0.25, -0.2) is 4.98 Å². The van der Waals surface area contributed by atoms with Crippen molar-refractivity contribution in [1.29, 1.82) is 0 Å². The van der Waals surface area contributed by atoms with Crippen LogP contribution in [0.2, 0.25) is 0 Å². The Morgan fingerprint density at radius 2 is 2.36 bits per heavy atom. The normalized spacial score (nSPS) is 10.1. The summed E-state index contributed by atoms with van der Waals surface area (Å²) in [6.45, 7) is 0. The minimum absolute atomic E-state index is 1.02. The first-order chi connectivity index (χ1) is 5.24. The van der Waals surface area contributed by atoms with Crippen LogP contribution in [0, 0.1) is 0 Å².